The van der Waals surface area contributed by atoms with Crippen molar-refractivity contribution in [3.8, 4) is 5.75 Å². The van der Waals surface area contributed by atoms with Crippen LogP contribution < -0.4 is 5.73 Å². The van der Waals surface area contributed by atoms with Crippen LogP contribution in [0.2, 0.25) is 0 Å². The van der Waals surface area contributed by atoms with Gasteiger partial charge in [-0.15, -0.1) is 0 Å². The first-order valence-electron chi connectivity index (χ1n) is 3.45. The molecule has 3 N–H and O–H groups in total. The van der Waals surface area contributed by atoms with Gasteiger partial charge in [-0.25, -0.2) is 22.2 Å². The monoisotopic (exact) mass is 258 g/mol. The van der Waals surface area contributed by atoms with Gasteiger partial charge in [0.05, 0.1) is 5.56 Å². The van der Waals surface area contributed by atoms with Gasteiger partial charge in [0.1, 0.15) is 5.82 Å². The first-order valence-corrected chi connectivity index (χ1v) is 5.76. The fourth-order valence-corrected chi connectivity index (χ4v) is 1.78. The molecule has 0 aliphatic carbocycles. The van der Waals surface area contributed by atoms with Crippen LogP contribution >= 0.6 is 10.7 Å². The van der Waals surface area contributed by atoms with E-state index in [0.717, 1.165) is 0 Å². The number of nitrogens with two attached hydrogens (primary N) is 1. The van der Waals surface area contributed by atoms with E-state index < -0.39 is 37.6 Å². The highest BCUT2D eigenvalue weighted by molar-refractivity contribution is 8.13. The lowest BCUT2D eigenvalue weighted by atomic mass is 10.2. The van der Waals surface area contributed by atoms with Crippen molar-refractivity contribution in [2.45, 2.75) is 11.5 Å². The molecule has 5 nitrogen and oxygen atoms in total. The number of nitrogens with zero attached hydrogens (tertiary/aromatic N) is 1. The molecule has 84 valence electrons. The Kier molecular flexibility index (Phi) is 3.00. The summed E-state index contributed by atoms with van der Waals surface area (Å²) in [6.07, 6.45) is -3.08. The predicted molar refractivity (Wildman–Crippen MR) is 48.3 cm³/mol. The van der Waals surface area contributed by atoms with Crippen LogP contribution in [0.5, 0.6) is 5.75 Å². The fraction of sp³-hybridized carbons (Fsp3) is 0.167. The van der Waals surface area contributed by atoms with E-state index in [9.17, 15) is 17.2 Å². The molecule has 0 spiro atoms. The molecular weight excluding hydrogens is 254 g/mol. The van der Waals surface area contributed by atoms with E-state index in [1.54, 1.807) is 0 Å². The maximum atomic E-state index is 12.3. The van der Waals surface area contributed by atoms with E-state index in [2.05, 4.69) is 4.98 Å². The third-order valence-corrected chi connectivity index (χ3v) is 2.66. The van der Waals surface area contributed by atoms with Crippen molar-refractivity contribution in [2.75, 3.05) is 5.73 Å². The molecule has 15 heavy (non-hydrogen) atoms. The average molecular weight is 259 g/mol. The van der Waals surface area contributed by atoms with E-state index >= 15 is 0 Å². The molecule has 0 fully saturated rings. The normalized spacial score (nSPS) is 12.0. The predicted octanol–water partition coefficient (Wildman–Crippen LogP) is 1.23. The second-order valence-electron chi connectivity index (χ2n) is 2.53. The van der Waals surface area contributed by atoms with Gasteiger partial charge in [-0.2, -0.15) is 0 Å². The van der Waals surface area contributed by atoms with Gasteiger partial charge in [0, 0.05) is 10.7 Å². The van der Waals surface area contributed by atoms with Crippen LogP contribution in [0.4, 0.5) is 14.6 Å². The highest BCUT2D eigenvalue weighted by Gasteiger charge is 2.25. The van der Waals surface area contributed by atoms with Crippen LogP contribution in [-0.2, 0) is 9.05 Å². The second kappa shape index (κ2) is 3.78. The van der Waals surface area contributed by atoms with E-state index in [1.165, 1.54) is 0 Å². The van der Waals surface area contributed by atoms with Gasteiger partial charge in [0.25, 0.3) is 15.5 Å². The highest BCUT2D eigenvalue weighted by Crippen LogP contribution is 2.34. The lowest BCUT2D eigenvalue weighted by molar-refractivity contribution is 0.146. The van der Waals surface area contributed by atoms with Crippen LogP contribution in [-0.4, -0.2) is 18.5 Å². The zero-order valence-electron chi connectivity index (χ0n) is 6.99. The Labute approximate surface area is 87.9 Å². The molecule has 1 aromatic heterocycles. The van der Waals surface area contributed by atoms with Gasteiger partial charge in [-0.05, 0) is 6.07 Å². The zero-order valence-corrected chi connectivity index (χ0v) is 8.56. The smallest absolute Gasteiger partial charge is 0.282 e. The third kappa shape index (κ3) is 2.45. The average Bonchev–Trinajstić information content (AvgIpc) is 2.06. The number of hydrogen-bond acceptors (Lipinski definition) is 5. The standard InChI is InChI=1S/C6H5ClF2N2O3S/c7-15(13,14)6-4(12)2(5(8)9)1-3(10)11-6/h1,5,12H,(H2,10,11). The molecule has 0 aliphatic heterocycles. The van der Waals surface area contributed by atoms with Gasteiger partial charge in [0.15, 0.2) is 5.75 Å². The Bertz CT molecular complexity index is 491. The van der Waals surface area contributed by atoms with Crippen molar-refractivity contribution in [1.29, 1.82) is 0 Å². The Morgan fingerprint density at radius 3 is 2.47 bits per heavy atom. The summed E-state index contributed by atoms with van der Waals surface area (Å²) in [7, 11) is 0.447. The van der Waals surface area contributed by atoms with Gasteiger partial charge in [-0.3, -0.25) is 0 Å². The first kappa shape index (κ1) is 11.9. The van der Waals surface area contributed by atoms with E-state index in [-0.39, 0.29) is 0 Å². The summed E-state index contributed by atoms with van der Waals surface area (Å²) in [4.78, 5) is 3.16. The maximum Gasteiger partial charge on any atom is 0.282 e. The van der Waals surface area contributed by atoms with Gasteiger partial charge in [-0.1, -0.05) is 0 Å². The summed E-state index contributed by atoms with van der Waals surface area (Å²) in [5.74, 6) is -1.66. The topological polar surface area (TPSA) is 93.3 Å². The molecule has 0 saturated heterocycles. The van der Waals surface area contributed by atoms with Crippen molar-refractivity contribution < 1.29 is 22.3 Å². The Morgan fingerprint density at radius 1 is 1.53 bits per heavy atom. The largest absolute Gasteiger partial charge is 0.505 e. The van der Waals surface area contributed by atoms with Gasteiger partial charge in [0.2, 0.25) is 5.03 Å². The minimum absolute atomic E-state index is 0.470. The number of aromatic nitrogens is 1. The summed E-state index contributed by atoms with van der Waals surface area (Å²) in [6.45, 7) is 0. The lowest BCUT2D eigenvalue weighted by Gasteiger charge is -2.07. The van der Waals surface area contributed by atoms with Crippen LogP contribution in [0.3, 0.4) is 0 Å². The summed E-state index contributed by atoms with van der Waals surface area (Å²) < 4.78 is 46.2. The molecular formula is C6H5ClF2N2O3S. The molecule has 0 aliphatic rings. The second-order valence-corrected chi connectivity index (χ2v) is 5.01. The van der Waals surface area contributed by atoms with Crippen molar-refractivity contribution in [3.63, 3.8) is 0 Å². The number of rotatable bonds is 2. The number of hydrogen-bond donors (Lipinski definition) is 2. The molecule has 0 amide bonds. The van der Waals surface area contributed by atoms with Crippen LogP contribution in [0.25, 0.3) is 0 Å². The minimum Gasteiger partial charge on any atom is -0.505 e. The fourth-order valence-electron chi connectivity index (χ4n) is 0.890. The number of pyridine rings is 1. The molecule has 9 heteroatoms. The van der Waals surface area contributed by atoms with Crippen molar-refractivity contribution in [2.24, 2.45) is 0 Å². The van der Waals surface area contributed by atoms with Crippen LogP contribution in [0, 0.1) is 0 Å². The highest BCUT2D eigenvalue weighted by atomic mass is 35.7. The molecule has 0 unspecified atom stereocenters. The van der Waals surface area contributed by atoms with Crippen LogP contribution in [0.15, 0.2) is 11.1 Å². The van der Waals surface area contributed by atoms with E-state index in [1.807, 2.05) is 0 Å². The summed E-state index contributed by atoms with van der Waals surface area (Å²) in [5.41, 5.74) is 4.16. The number of halogens is 3. The molecule has 1 rings (SSSR count). The number of aromatic hydroxyl groups is 1. The number of alkyl halides is 2. The molecule has 1 heterocycles. The Hall–Kier alpha value is -1.15. The van der Waals surface area contributed by atoms with Crippen molar-refractivity contribution in [3.05, 3.63) is 11.6 Å². The Morgan fingerprint density at radius 2 is 2.07 bits per heavy atom. The third-order valence-electron chi connectivity index (χ3n) is 1.48. The van der Waals surface area contributed by atoms with Crippen LogP contribution in [0.1, 0.15) is 12.0 Å². The quantitative estimate of drug-likeness (QED) is 0.779. The summed E-state index contributed by atoms with van der Waals surface area (Å²) >= 11 is 0. The van der Waals surface area contributed by atoms with Crippen molar-refractivity contribution >= 4 is 25.6 Å². The lowest BCUT2D eigenvalue weighted by Crippen LogP contribution is -2.03. The van der Waals surface area contributed by atoms with Crippen molar-refractivity contribution in [1.82, 2.24) is 4.98 Å². The summed E-state index contributed by atoms with van der Waals surface area (Å²) in [6, 6.07) is 0.672. The number of anilines is 1. The number of nitrogen functional groups attached to an aromatic ring is 1. The maximum absolute atomic E-state index is 12.3. The minimum atomic E-state index is -4.41. The van der Waals surface area contributed by atoms with Gasteiger partial charge < -0.3 is 10.8 Å². The molecule has 0 bridgehead atoms. The Balaban J connectivity index is 3.56. The molecule has 0 aromatic carbocycles. The molecule has 0 radical (unpaired) electrons. The zero-order chi connectivity index (χ0) is 11.8. The molecule has 0 saturated carbocycles. The molecule has 1 aromatic rings. The van der Waals surface area contributed by atoms with E-state index in [4.69, 9.17) is 21.5 Å². The van der Waals surface area contributed by atoms with E-state index in [0.29, 0.717) is 6.07 Å². The first-order chi connectivity index (χ1) is 6.73. The van der Waals surface area contributed by atoms with Gasteiger partial charge >= 0.3 is 0 Å². The SMILES string of the molecule is Nc1cc(C(F)F)c(O)c(S(=O)(=O)Cl)n1. The molecule has 0 atom stereocenters. The summed E-state index contributed by atoms with van der Waals surface area (Å²) in [5, 5.41) is 8.09.